The first-order chi connectivity index (χ1) is 11.8. The van der Waals surface area contributed by atoms with E-state index in [2.05, 4.69) is 5.32 Å². The Hall–Kier alpha value is -1.98. The molecule has 0 saturated heterocycles. The van der Waals surface area contributed by atoms with E-state index in [-0.39, 0.29) is 18.4 Å². The molecule has 2 N–H and O–H groups in total. The average Bonchev–Trinajstić information content (AvgIpc) is 3.29. The number of amides is 1. The van der Waals surface area contributed by atoms with E-state index in [0.717, 1.165) is 12.8 Å². The fourth-order valence-electron chi connectivity index (χ4n) is 2.79. The number of furan rings is 1. The third kappa shape index (κ3) is 3.99. The zero-order valence-corrected chi connectivity index (χ0v) is 15.0. The second kappa shape index (κ2) is 6.73. The van der Waals surface area contributed by atoms with Gasteiger partial charge in [-0.15, -0.1) is 0 Å². The fraction of sp³-hybridized carbons (Fsp3) is 0.421. The van der Waals surface area contributed by atoms with Crippen LogP contribution in [0.4, 0.5) is 0 Å². The van der Waals surface area contributed by atoms with Gasteiger partial charge < -0.3 is 19.6 Å². The molecule has 2 aromatic rings. The summed E-state index contributed by atoms with van der Waals surface area (Å²) in [5.41, 5.74) is -2.28. The van der Waals surface area contributed by atoms with E-state index in [9.17, 15) is 9.90 Å². The van der Waals surface area contributed by atoms with E-state index in [0.29, 0.717) is 16.5 Å². The zero-order valence-electron chi connectivity index (χ0n) is 14.3. The van der Waals surface area contributed by atoms with E-state index in [4.69, 9.17) is 20.8 Å². The lowest BCUT2D eigenvalue weighted by Crippen LogP contribution is -2.51. The van der Waals surface area contributed by atoms with Gasteiger partial charge in [-0.2, -0.15) is 0 Å². The molecule has 1 aliphatic rings. The molecule has 134 valence electrons. The number of hydrogen-bond donors (Lipinski definition) is 2. The highest BCUT2D eigenvalue weighted by Crippen LogP contribution is 2.45. The summed E-state index contributed by atoms with van der Waals surface area (Å²) in [6, 6.07) is 10.3. The van der Waals surface area contributed by atoms with Crippen LogP contribution in [0.25, 0.3) is 0 Å². The highest BCUT2D eigenvalue weighted by Gasteiger charge is 2.48. The van der Waals surface area contributed by atoms with Crippen molar-refractivity contribution in [3.05, 3.63) is 53.4 Å². The van der Waals surface area contributed by atoms with Crippen LogP contribution >= 0.6 is 11.6 Å². The summed E-state index contributed by atoms with van der Waals surface area (Å²) < 4.78 is 11.2. The Labute approximate surface area is 151 Å². The van der Waals surface area contributed by atoms with Crippen molar-refractivity contribution in [2.24, 2.45) is 5.92 Å². The van der Waals surface area contributed by atoms with Gasteiger partial charge in [0.2, 0.25) is 0 Å². The molecule has 1 fully saturated rings. The van der Waals surface area contributed by atoms with Crippen molar-refractivity contribution < 1.29 is 19.1 Å². The van der Waals surface area contributed by atoms with Crippen molar-refractivity contribution in [2.75, 3.05) is 6.54 Å². The second-order valence-corrected chi connectivity index (χ2v) is 7.36. The maximum atomic E-state index is 12.6. The van der Waals surface area contributed by atoms with Gasteiger partial charge in [0.1, 0.15) is 17.1 Å². The molecule has 5 nitrogen and oxygen atoms in total. The predicted octanol–water partition coefficient (Wildman–Crippen LogP) is 3.50. The van der Waals surface area contributed by atoms with E-state index < -0.39 is 11.2 Å². The lowest BCUT2D eigenvalue weighted by molar-refractivity contribution is -0.136. The molecular formula is C19H22ClNO4. The van der Waals surface area contributed by atoms with Gasteiger partial charge >= 0.3 is 0 Å². The molecule has 0 bridgehead atoms. The summed E-state index contributed by atoms with van der Waals surface area (Å²) in [7, 11) is 0. The Bertz CT molecular complexity index is 722. The highest BCUT2D eigenvalue weighted by molar-refractivity contribution is 6.30. The number of carbonyl (C=O) groups excluding carboxylic acids is 1. The van der Waals surface area contributed by atoms with Crippen LogP contribution in [0.2, 0.25) is 5.02 Å². The third-order valence-electron chi connectivity index (χ3n) is 4.45. The molecule has 3 rings (SSSR count). The Morgan fingerprint density at radius 2 is 2.00 bits per heavy atom. The first-order valence-electron chi connectivity index (χ1n) is 8.30. The van der Waals surface area contributed by atoms with Crippen LogP contribution in [0.15, 0.2) is 47.1 Å². The Morgan fingerprint density at radius 3 is 2.56 bits per heavy atom. The van der Waals surface area contributed by atoms with E-state index in [1.54, 1.807) is 50.2 Å². The average molecular weight is 364 g/mol. The Kier molecular flexibility index (Phi) is 4.80. The monoisotopic (exact) mass is 363 g/mol. The molecule has 1 aromatic heterocycles. The summed E-state index contributed by atoms with van der Waals surface area (Å²) in [6.07, 6.45) is 3.35. The number of hydrogen-bond acceptors (Lipinski definition) is 4. The summed E-state index contributed by atoms with van der Waals surface area (Å²) in [6.45, 7) is 3.44. The minimum Gasteiger partial charge on any atom is -0.478 e. The number of carbonyl (C=O) groups is 1. The van der Waals surface area contributed by atoms with Crippen molar-refractivity contribution >= 4 is 17.5 Å². The van der Waals surface area contributed by atoms with Crippen LogP contribution < -0.4 is 10.1 Å². The first-order valence-corrected chi connectivity index (χ1v) is 8.68. The van der Waals surface area contributed by atoms with E-state index in [1.807, 2.05) is 0 Å². The largest absolute Gasteiger partial charge is 0.478 e. The topological polar surface area (TPSA) is 71.7 Å². The van der Waals surface area contributed by atoms with Gasteiger partial charge in [0.25, 0.3) is 5.91 Å². The van der Waals surface area contributed by atoms with Crippen LogP contribution in [-0.2, 0) is 10.4 Å². The minimum absolute atomic E-state index is 0.0808. The highest BCUT2D eigenvalue weighted by atomic mass is 35.5. The van der Waals surface area contributed by atoms with Crippen LogP contribution in [-0.4, -0.2) is 23.2 Å². The predicted molar refractivity (Wildman–Crippen MR) is 94.5 cm³/mol. The molecule has 6 heteroatoms. The summed E-state index contributed by atoms with van der Waals surface area (Å²) in [5, 5.41) is 14.4. The summed E-state index contributed by atoms with van der Waals surface area (Å²) in [5.74, 6) is 0.812. The van der Waals surface area contributed by atoms with Gasteiger partial charge in [0, 0.05) is 5.02 Å². The molecule has 0 radical (unpaired) electrons. The molecular weight excluding hydrogens is 342 g/mol. The third-order valence-corrected chi connectivity index (χ3v) is 4.70. The van der Waals surface area contributed by atoms with Crippen molar-refractivity contribution in [1.29, 1.82) is 0 Å². The number of rotatable bonds is 7. The first kappa shape index (κ1) is 17.8. The lowest BCUT2D eigenvalue weighted by atomic mass is 9.94. The van der Waals surface area contributed by atoms with Crippen molar-refractivity contribution in [1.82, 2.24) is 5.32 Å². The maximum Gasteiger partial charge on any atom is 0.263 e. The quantitative estimate of drug-likeness (QED) is 0.789. The van der Waals surface area contributed by atoms with Crippen LogP contribution in [0.1, 0.15) is 32.4 Å². The summed E-state index contributed by atoms with van der Waals surface area (Å²) >= 11 is 5.86. The standard InChI is InChI=1S/C19H22ClNO4/c1-18(2,25-15-9-7-14(20)8-10-15)17(22)21-12-19(23,13-5-6-13)16-4-3-11-24-16/h3-4,7-11,13,23H,5-6,12H2,1-2H3,(H,21,22). The van der Waals surface area contributed by atoms with Gasteiger partial charge in [0.05, 0.1) is 12.8 Å². The molecule has 1 saturated carbocycles. The van der Waals surface area contributed by atoms with Crippen molar-refractivity contribution in [2.45, 2.75) is 37.9 Å². The van der Waals surface area contributed by atoms with E-state index in [1.165, 1.54) is 6.26 Å². The molecule has 1 unspecified atom stereocenters. The maximum absolute atomic E-state index is 12.6. The van der Waals surface area contributed by atoms with Gasteiger partial charge in [-0.05, 0) is 69.0 Å². The molecule has 1 heterocycles. The molecule has 1 amide bonds. The van der Waals surface area contributed by atoms with Crippen LogP contribution in [0.3, 0.4) is 0 Å². The normalized spacial score (nSPS) is 17.0. The van der Waals surface area contributed by atoms with Crippen LogP contribution in [0, 0.1) is 5.92 Å². The molecule has 1 atom stereocenters. The smallest absolute Gasteiger partial charge is 0.263 e. The summed E-state index contributed by atoms with van der Waals surface area (Å²) in [4.78, 5) is 12.6. The Balaban J connectivity index is 1.65. The second-order valence-electron chi connectivity index (χ2n) is 6.92. The number of benzene rings is 1. The number of ether oxygens (including phenoxy) is 1. The molecule has 25 heavy (non-hydrogen) atoms. The molecule has 0 spiro atoms. The minimum atomic E-state index is -1.19. The number of nitrogens with one attached hydrogen (secondary N) is 1. The van der Waals surface area contributed by atoms with Gasteiger partial charge in [-0.1, -0.05) is 11.6 Å². The number of halogens is 1. The Morgan fingerprint density at radius 1 is 1.32 bits per heavy atom. The molecule has 1 aromatic carbocycles. The zero-order chi connectivity index (χ0) is 18.1. The van der Waals surface area contributed by atoms with Crippen molar-refractivity contribution in [3.63, 3.8) is 0 Å². The fourth-order valence-corrected chi connectivity index (χ4v) is 2.92. The van der Waals surface area contributed by atoms with Crippen molar-refractivity contribution in [3.8, 4) is 5.75 Å². The lowest BCUT2D eigenvalue weighted by Gasteiger charge is -2.30. The van der Waals surface area contributed by atoms with E-state index >= 15 is 0 Å². The van der Waals surface area contributed by atoms with Gasteiger partial charge in [-0.25, -0.2) is 0 Å². The van der Waals surface area contributed by atoms with Gasteiger partial charge in [-0.3, -0.25) is 4.79 Å². The molecule has 0 aliphatic heterocycles. The molecule has 1 aliphatic carbocycles. The van der Waals surface area contributed by atoms with Crippen LogP contribution in [0.5, 0.6) is 5.75 Å². The van der Waals surface area contributed by atoms with Gasteiger partial charge in [0.15, 0.2) is 5.60 Å². The number of aliphatic hydroxyl groups is 1. The SMILES string of the molecule is CC(C)(Oc1ccc(Cl)cc1)C(=O)NCC(O)(c1ccco1)C1CC1.